The topological polar surface area (TPSA) is 78.9 Å². The van der Waals surface area contributed by atoms with E-state index in [9.17, 15) is 14.7 Å². The fourth-order valence-electron chi connectivity index (χ4n) is 3.83. The number of phenolic OH excluding ortho intramolecular Hbond substituents is 1. The summed E-state index contributed by atoms with van der Waals surface area (Å²) < 4.78 is 5.84. The molecule has 0 aliphatic carbocycles. The first-order chi connectivity index (χ1) is 15.5. The number of urea groups is 1. The molecule has 0 radical (unpaired) electrons. The number of ether oxygens (including phenoxy) is 1. The molecule has 0 bridgehead atoms. The number of benzene rings is 3. The van der Waals surface area contributed by atoms with Gasteiger partial charge >= 0.3 is 6.03 Å². The highest BCUT2D eigenvalue weighted by Gasteiger charge is 2.28. The Kier molecular flexibility index (Phi) is 6.40. The van der Waals surface area contributed by atoms with E-state index in [4.69, 9.17) is 4.74 Å². The standard InChI is InChI=1S/C26H26N2O4/c1-18-3-2-4-24(17-18)32-23-11-7-21(8-12-23)27-26(31)28-15-13-20(14-16-28)25(30)19-5-9-22(29)10-6-19/h2-12,17,20,29H,13-16H2,1H3,(H,27,31). The zero-order valence-electron chi connectivity index (χ0n) is 18.0. The van der Waals surface area contributed by atoms with Crippen LogP contribution >= 0.6 is 0 Å². The maximum atomic E-state index is 12.6. The Morgan fingerprint density at radius 3 is 2.28 bits per heavy atom. The van der Waals surface area contributed by atoms with Crippen LogP contribution in [0.5, 0.6) is 17.2 Å². The summed E-state index contributed by atoms with van der Waals surface area (Å²) in [5.74, 6) is 1.56. The van der Waals surface area contributed by atoms with Crippen LogP contribution in [-0.2, 0) is 0 Å². The Hall–Kier alpha value is -3.80. The molecule has 0 spiro atoms. The van der Waals surface area contributed by atoms with Gasteiger partial charge in [-0.25, -0.2) is 4.79 Å². The van der Waals surface area contributed by atoms with Gasteiger partial charge in [0.25, 0.3) is 0 Å². The quantitative estimate of drug-likeness (QED) is 0.515. The Morgan fingerprint density at radius 1 is 0.938 bits per heavy atom. The number of carbonyl (C=O) groups excluding carboxylic acids is 2. The summed E-state index contributed by atoms with van der Waals surface area (Å²) >= 11 is 0. The van der Waals surface area contributed by atoms with E-state index in [2.05, 4.69) is 5.32 Å². The normalized spacial score (nSPS) is 14.1. The van der Waals surface area contributed by atoms with E-state index in [0.29, 0.717) is 42.9 Å². The lowest BCUT2D eigenvalue weighted by Gasteiger charge is -2.31. The van der Waals surface area contributed by atoms with Gasteiger partial charge < -0.3 is 20.1 Å². The highest BCUT2D eigenvalue weighted by Crippen LogP contribution is 2.25. The van der Waals surface area contributed by atoms with Crippen LogP contribution in [0.2, 0.25) is 0 Å². The monoisotopic (exact) mass is 430 g/mol. The van der Waals surface area contributed by atoms with Crippen LogP contribution < -0.4 is 10.1 Å². The molecular formula is C26H26N2O4. The maximum absolute atomic E-state index is 12.6. The molecule has 2 amide bonds. The number of piperidine rings is 1. The third-order valence-corrected chi connectivity index (χ3v) is 5.64. The Bertz CT molecular complexity index is 1090. The number of Topliss-reactive ketones (excluding diaryl/α,β-unsaturated/α-hetero) is 1. The zero-order chi connectivity index (χ0) is 22.5. The summed E-state index contributed by atoms with van der Waals surface area (Å²) in [6.45, 7) is 3.06. The second-order valence-electron chi connectivity index (χ2n) is 8.05. The van der Waals surface area contributed by atoms with E-state index in [1.54, 1.807) is 17.0 Å². The molecule has 4 rings (SSSR count). The van der Waals surface area contributed by atoms with Crippen LogP contribution in [0.15, 0.2) is 72.8 Å². The minimum atomic E-state index is -0.173. The van der Waals surface area contributed by atoms with Crippen LogP contribution in [0, 0.1) is 12.8 Å². The van der Waals surface area contributed by atoms with E-state index in [1.165, 1.54) is 12.1 Å². The van der Waals surface area contributed by atoms with Gasteiger partial charge in [0.15, 0.2) is 5.78 Å². The second-order valence-corrected chi connectivity index (χ2v) is 8.05. The predicted octanol–water partition coefficient (Wildman–Crippen LogP) is 5.62. The molecule has 3 aromatic carbocycles. The number of phenols is 1. The number of nitrogens with zero attached hydrogens (tertiary/aromatic N) is 1. The number of nitrogens with one attached hydrogen (secondary N) is 1. The Morgan fingerprint density at radius 2 is 1.62 bits per heavy atom. The van der Waals surface area contributed by atoms with E-state index in [0.717, 1.165) is 11.3 Å². The second kappa shape index (κ2) is 9.56. The van der Waals surface area contributed by atoms with Crippen molar-refractivity contribution in [1.29, 1.82) is 0 Å². The summed E-state index contributed by atoms with van der Waals surface area (Å²) in [6.07, 6.45) is 1.24. The number of hydrogen-bond acceptors (Lipinski definition) is 4. The number of rotatable bonds is 5. The molecule has 1 aliphatic heterocycles. The molecule has 2 N–H and O–H groups in total. The smallest absolute Gasteiger partial charge is 0.321 e. The average Bonchev–Trinajstić information content (AvgIpc) is 2.80. The van der Waals surface area contributed by atoms with Crippen molar-refractivity contribution in [3.05, 3.63) is 83.9 Å². The highest BCUT2D eigenvalue weighted by molar-refractivity contribution is 5.98. The first-order valence-corrected chi connectivity index (χ1v) is 10.7. The Labute approximate surface area is 187 Å². The van der Waals surface area contributed by atoms with Crippen LogP contribution in [0.4, 0.5) is 10.5 Å². The van der Waals surface area contributed by atoms with Crippen molar-refractivity contribution in [3.63, 3.8) is 0 Å². The zero-order valence-corrected chi connectivity index (χ0v) is 18.0. The maximum Gasteiger partial charge on any atom is 0.321 e. The van der Waals surface area contributed by atoms with Gasteiger partial charge in [-0.2, -0.15) is 0 Å². The Balaban J connectivity index is 1.28. The molecule has 0 aromatic heterocycles. The largest absolute Gasteiger partial charge is 0.508 e. The van der Waals surface area contributed by atoms with Gasteiger partial charge in [-0.1, -0.05) is 12.1 Å². The van der Waals surface area contributed by atoms with E-state index >= 15 is 0 Å². The fourth-order valence-corrected chi connectivity index (χ4v) is 3.83. The van der Waals surface area contributed by atoms with Crippen molar-refractivity contribution < 1.29 is 19.4 Å². The summed E-state index contributed by atoms with van der Waals surface area (Å²) in [4.78, 5) is 27.0. The van der Waals surface area contributed by atoms with Gasteiger partial charge in [-0.3, -0.25) is 4.79 Å². The highest BCUT2D eigenvalue weighted by atomic mass is 16.5. The van der Waals surface area contributed by atoms with Gasteiger partial charge in [0.1, 0.15) is 17.2 Å². The number of amides is 2. The lowest BCUT2D eigenvalue weighted by molar-refractivity contribution is 0.0859. The molecule has 1 heterocycles. The van der Waals surface area contributed by atoms with Crippen molar-refractivity contribution in [2.75, 3.05) is 18.4 Å². The predicted molar refractivity (Wildman–Crippen MR) is 123 cm³/mol. The molecular weight excluding hydrogens is 404 g/mol. The molecule has 164 valence electrons. The lowest BCUT2D eigenvalue weighted by atomic mass is 9.89. The molecule has 1 saturated heterocycles. The summed E-state index contributed by atoms with van der Waals surface area (Å²) in [5.41, 5.74) is 2.41. The minimum absolute atomic E-state index is 0.0641. The third-order valence-electron chi connectivity index (χ3n) is 5.64. The molecule has 0 saturated carbocycles. The average molecular weight is 431 g/mol. The summed E-state index contributed by atoms with van der Waals surface area (Å²) in [7, 11) is 0. The van der Waals surface area contributed by atoms with E-state index < -0.39 is 0 Å². The van der Waals surface area contributed by atoms with Crippen LogP contribution in [0.1, 0.15) is 28.8 Å². The van der Waals surface area contributed by atoms with Gasteiger partial charge in [0.2, 0.25) is 0 Å². The SMILES string of the molecule is Cc1cccc(Oc2ccc(NC(=O)N3CCC(C(=O)c4ccc(O)cc4)CC3)cc2)c1. The third kappa shape index (κ3) is 5.27. The molecule has 32 heavy (non-hydrogen) atoms. The van der Waals surface area contributed by atoms with Crippen molar-refractivity contribution in [2.45, 2.75) is 19.8 Å². The molecule has 6 nitrogen and oxygen atoms in total. The summed E-state index contributed by atoms with van der Waals surface area (Å²) in [6, 6.07) is 21.2. The van der Waals surface area contributed by atoms with Gasteiger partial charge in [0, 0.05) is 30.3 Å². The fraction of sp³-hybridized carbons (Fsp3) is 0.231. The van der Waals surface area contributed by atoms with Crippen LogP contribution in [0.25, 0.3) is 0 Å². The van der Waals surface area contributed by atoms with Crippen LogP contribution in [-0.4, -0.2) is 34.9 Å². The number of anilines is 1. The van der Waals surface area contributed by atoms with E-state index in [-0.39, 0.29) is 23.5 Å². The molecule has 1 fully saturated rings. The number of carbonyl (C=O) groups is 2. The molecule has 1 aliphatic rings. The number of ketones is 1. The van der Waals surface area contributed by atoms with Crippen LogP contribution in [0.3, 0.4) is 0 Å². The van der Waals surface area contributed by atoms with Gasteiger partial charge in [-0.15, -0.1) is 0 Å². The first-order valence-electron chi connectivity index (χ1n) is 10.7. The molecule has 6 heteroatoms. The van der Waals surface area contributed by atoms with Crippen molar-refractivity contribution in [1.82, 2.24) is 4.90 Å². The molecule has 0 unspecified atom stereocenters. The number of aromatic hydroxyl groups is 1. The number of hydrogen-bond donors (Lipinski definition) is 2. The molecule has 3 aromatic rings. The minimum Gasteiger partial charge on any atom is -0.508 e. The summed E-state index contributed by atoms with van der Waals surface area (Å²) in [5, 5.41) is 12.3. The van der Waals surface area contributed by atoms with E-state index in [1.807, 2.05) is 55.5 Å². The van der Waals surface area contributed by atoms with Gasteiger partial charge in [-0.05, 0) is 86.0 Å². The number of likely N-dealkylation sites (tertiary alicyclic amines) is 1. The number of aryl methyl sites for hydroxylation is 1. The van der Waals surface area contributed by atoms with Crippen molar-refractivity contribution >= 4 is 17.5 Å². The molecule has 0 atom stereocenters. The van der Waals surface area contributed by atoms with Gasteiger partial charge in [0.05, 0.1) is 0 Å². The van der Waals surface area contributed by atoms with Crippen molar-refractivity contribution in [2.24, 2.45) is 5.92 Å². The lowest BCUT2D eigenvalue weighted by Crippen LogP contribution is -2.42. The first kappa shape index (κ1) is 21.4. The van der Waals surface area contributed by atoms with Crippen molar-refractivity contribution in [3.8, 4) is 17.2 Å².